The van der Waals surface area contributed by atoms with Crippen LogP contribution >= 0.6 is 11.3 Å². The normalized spacial score (nSPS) is 21.0. The highest BCUT2D eigenvalue weighted by Gasteiger charge is 2.28. The van der Waals surface area contributed by atoms with Crippen molar-refractivity contribution in [2.75, 3.05) is 7.05 Å². The maximum absolute atomic E-state index is 12.3. The molecule has 2 N–H and O–H groups in total. The molecule has 3 amide bonds. The average Bonchev–Trinajstić information content (AvgIpc) is 2.99. The highest BCUT2D eigenvalue weighted by molar-refractivity contribution is 7.09. The Morgan fingerprint density at radius 3 is 2.87 bits per heavy atom. The maximum atomic E-state index is 12.3. The molecule has 23 heavy (non-hydrogen) atoms. The van der Waals surface area contributed by atoms with Gasteiger partial charge >= 0.3 is 6.03 Å². The molecule has 0 unspecified atom stereocenters. The Hall–Kier alpha value is -1.63. The Kier molecular flexibility index (Phi) is 6.38. The van der Waals surface area contributed by atoms with Crippen molar-refractivity contribution >= 4 is 23.3 Å². The number of hydrogen-bond donors (Lipinski definition) is 2. The van der Waals surface area contributed by atoms with Crippen molar-refractivity contribution in [3.8, 4) is 0 Å². The zero-order valence-corrected chi connectivity index (χ0v) is 14.9. The highest BCUT2D eigenvalue weighted by atomic mass is 32.1. The quantitative estimate of drug-likeness (QED) is 0.865. The molecule has 0 saturated heterocycles. The minimum atomic E-state index is -0.102. The van der Waals surface area contributed by atoms with Crippen LogP contribution in [0.15, 0.2) is 11.6 Å². The smallest absolute Gasteiger partial charge is 0.317 e. The number of hydrogen-bond acceptors (Lipinski definition) is 4. The van der Waals surface area contributed by atoms with Crippen LogP contribution in [0.25, 0.3) is 0 Å². The van der Waals surface area contributed by atoms with Gasteiger partial charge in [-0.3, -0.25) is 4.79 Å². The van der Waals surface area contributed by atoms with Crippen molar-refractivity contribution in [1.82, 2.24) is 20.5 Å². The van der Waals surface area contributed by atoms with Crippen LogP contribution < -0.4 is 10.6 Å². The van der Waals surface area contributed by atoms with Gasteiger partial charge in [-0.1, -0.05) is 6.42 Å². The van der Waals surface area contributed by atoms with Crippen molar-refractivity contribution in [2.24, 2.45) is 5.92 Å². The molecule has 1 aliphatic rings. The third-order valence-electron chi connectivity index (χ3n) is 4.01. The van der Waals surface area contributed by atoms with Crippen LogP contribution in [0.1, 0.15) is 44.5 Å². The van der Waals surface area contributed by atoms with Crippen LogP contribution in [0.4, 0.5) is 4.79 Å². The number of carbonyl (C=O) groups is 2. The van der Waals surface area contributed by atoms with E-state index in [4.69, 9.17) is 0 Å². The third kappa shape index (κ3) is 5.49. The zero-order chi connectivity index (χ0) is 16.8. The monoisotopic (exact) mass is 338 g/mol. The minimum absolute atomic E-state index is 0.000666. The topological polar surface area (TPSA) is 74.3 Å². The van der Waals surface area contributed by atoms with E-state index in [9.17, 15) is 9.59 Å². The van der Waals surface area contributed by atoms with Gasteiger partial charge in [-0.15, -0.1) is 11.3 Å². The fraction of sp³-hybridized carbons (Fsp3) is 0.688. The van der Waals surface area contributed by atoms with Gasteiger partial charge in [0.1, 0.15) is 5.01 Å². The van der Waals surface area contributed by atoms with Crippen molar-refractivity contribution in [1.29, 1.82) is 0 Å². The van der Waals surface area contributed by atoms with Gasteiger partial charge in [0.05, 0.1) is 6.54 Å². The summed E-state index contributed by atoms with van der Waals surface area (Å²) in [5.74, 6) is 0.107. The summed E-state index contributed by atoms with van der Waals surface area (Å²) >= 11 is 1.54. The van der Waals surface area contributed by atoms with E-state index in [1.807, 2.05) is 19.2 Å². The van der Waals surface area contributed by atoms with Crippen molar-refractivity contribution in [2.45, 2.75) is 58.2 Å². The van der Waals surface area contributed by atoms with Crippen LogP contribution in [-0.2, 0) is 11.3 Å². The predicted octanol–water partition coefficient (Wildman–Crippen LogP) is 2.37. The van der Waals surface area contributed by atoms with E-state index in [0.717, 1.165) is 30.7 Å². The molecular weight excluding hydrogens is 312 g/mol. The Balaban J connectivity index is 1.82. The van der Waals surface area contributed by atoms with Crippen LogP contribution in [-0.4, -0.2) is 41.0 Å². The Morgan fingerprint density at radius 1 is 1.43 bits per heavy atom. The molecule has 0 spiro atoms. The number of nitrogens with one attached hydrogen (secondary N) is 2. The first-order valence-corrected chi connectivity index (χ1v) is 9.04. The number of thiazole rings is 1. The number of urea groups is 1. The van der Waals surface area contributed by atoms with Gasteiger partial charge in [0.25, 0.3) is 0 Å². The lowest BCUT2D eigenvalue weighted by Gasteiger charge is -2.30. The molecule has 2 atom stereocenters. The molecule has 0 bridgehead atoms. The standard InChI is InChI=1S/C16H26N4O2S/c1-11(2)18-15(21)12-5-4-6-13(9-12)19-16(22)20(3)10-14-17-7-8-23-14/h7-8,11-13H,4-6,9-10H2,1-3H3,(H,18,21)(H,19,22)/t12-,13+/m1/s1. The molecule has 1 fully saturated rings. The van der Waals surface area contributed by atoms with Crippen LogP contribution in [0.3, 0.4) is 0 Å². The molecule has 7 heteroatoms. The lowest BCUT2D eigenvalue weighted by molar-refractivity contribution is -0.126. The zero-order valence-electron chi connectivity index (χ0n) is 14.0. The van der Waals surface area contributed by atoms with Crippen molar-refractivity contribution < 1.29 is 9.59 Å². The van der Waals surface area contributed by atoms with Gasteiger partial charge in [0, 0.05) is 36.6 Å². The molecule has 0 aromatic carbocycles. The summed E-state index contributed by atoms with van der Waals surface area (Å²) in [5.41, 5.74) is 0. The van der Waals surface area contributed by atoms with E-state index in [1.54, 1.807) is 18.1 Å². The summed E-state index contributed by atoms with van der Waals surface area (Å²) in [4.78, 5) is 30.3. The van der Waals surface area contributed by atoms with Gasteiger partial charge < -0.3 is 15.5 Å². The van der Waals surface area contributed by atoms with Crippen LogP contribution in [0.5, 0.6) is 0 Å². The summed E-state index contributed by atoms with van der Waals surface area (Å²) in [7, 11) is 1.77. The Morgan fingerprint density at radius 2 is 2.22 bits per heavy atom. The molecule has 128 valence electrons. The molecule has 0 aliphatic heterocycles. The first kappa shape index (κ1) is 17.7. The van der Waals surface area contributed by atoms with Gasteiger partial charge in [-0.25, -0.2) is 9.78 Å². The number of rotatable bonds is 5. The Bertz CT molecular complexity index is 518. The fourth-order valence-electron chi connectivity index (χ4n) is 2.85. The molecule has 0 radical (unpaired) electrons. The molecule has 1 aliphatic carbocycles. The average molecular weight is 338 g/mol. The van der Waals surface area contributed by atoms with Crippen LogP contribution in [0.2, 0.25) is 0 Å². The highest BCUT2D eigenvalue weighted by Crippen LogP contribution is 2.25. The second kappa shape index (κ2) is 8.29. The predicted molar refractivity (Wildman–Crippen MR) is 91.1 cm³/mol. The van der Waals surface area contributed by atoms with Crippen LogP contribution in [0, 0.1) is 5.92 Å². The van der Waals surface area contributed by atoms with E-state index >= 15 is 0 Å². The molecule has 1 heterocycles. The first-order chi connectivity index (χ1) is 11.0. The Labute approximate surface area is 141 Å². The summed E-state index contributed by atoms with van der Waals surface area (Å²) in [5, 5.41) is 8.84. The fourth-order valence-corrected chi connectivity index (χ4v) is 3.52. The molecule has 1 saturated carbocycles. The van der Waals surface area contributed by atoms with Gasteiger partial charge in [0.15, 0.2) is 0 Å². The lowest BCUT2D eigenvalue weighted by atomic mass is 9.85. The summed E-state index contributed by atoms with van der Waals surface area (Å²) in [6.45, 7) is 4.44. The van der Waals surface area contributed by atoms with Gasteiger partial charge in [-0.2, -0.15) is 0 Å². The second-order valence-corrected chi connectivity index (χ2v) is 7.43. The summed E-state index contributed by atoms with van der Waals surface area (Å²) in [6.07, 6.45) is 5.26. The van der Waals surface area contributed by atoms with Crippen molar-refractivity contribution in [3.05, 3.63) is 16.6 Å². The number of carbonyl (C=O) groups excluding carboxylic acids is 2. The van der Waals surface area contributed by atoms with E-state index in [2.05, 4.69) is 15.6 Å². The number of amides is 3. The van der Waals surface area contributed by atoms with E-state index in [0.29, 0.717) is 6.54 Å². The van der Waals surface area contributed by atoms with E-state index < -0.39 is 0 Å². The summed E-state index contributed by atoms with van der Waals surface area (Å²) in [6, 6.07) is 0.120. The maximum Gasteiger partial charge on any atom is 0.317 e. The SMILES string of the molecule is CC(C)NC(=O)[C@@H]1CCC[C@H](NC(=O)N(C)Cc2nccs2)C1. The molecule has 1 aromatic heterocycles. The molecule has 2 rings (SSSR count). The van der Waals surface area contributed by atoms with Gasteiger partial charge in [-0.05, 0) is 33.1 Å². The number of nitrogens with zero attached hydrogens (tertiary/aromatic N) is 2. The molecular formula is C16H26N4O2S. The number of aromatic nitrogens is 1. The molecule has 1 aromatic rings. The third-order valence-corrected chi connectivity index (χ3v) is 4.77. The van der Waals surface area contributed by atoms with Gasteiger partial charge in [0.2, 0.25) is 5.91 Å². The lowest BCUT2D eigenvalue weighted by Crippen LogP contribution is -2.47. The van der Waals surface area contributed by atoms with Crippen molar-refractivity contribution in [3.63, 3.8) is 0 Å². The first-order valence-electron chi connectivity index (χ1n) is 8.16. The van der Waals surface area contributed by atoms with E-state index in [1.165, 1.54) is 11.3 Å². The minimum Gasteiger partial charge on any atom is -0.354 e. The second-order valence-electron chi connectivity index (χ2n) is 6.46. The van der Waals surface area contributed by atoms with E-state index in [-0.39, 0.29) is 29.9 Å². The molecule has 6 nitrogen and oxygen atoms in total. The largest absolute Gasteiger partial charge is 0.354 e. The summed E-state index contributed by atoms with van der Waals surface area (Å²) < 4.78 is 0.